The van der Waals surface area contributed by atoms with Crippen LogP contribution >= 0.6 is 11.6 Å². The van der Waals surface area contributed by atoms with Crippen molar-refractivity contribution >= 4 is 11.6 Å². The van der Waals surface area contributed by atoms with E-state index < -0.39 is 0 Å². The number of unbranched alkanes of at least 4 members (excludes halogenated alkanes) is 3. The molecule has 0 amide bonds. The fraction of sp³-hybridized carbons (Fsp3) is 0.429. The fourth-order valence-corrected chi connectivity index (χ4v) is 2.84. The molecule has 23 heavy (non-hydrogen) atoms. The Bertz CT molecular complexity index is 559. The van der Waals surface area contributed by atoms with Gasteiger partial charge in [-0.05, 0) is 48.6 Å². The molecule has 124 valence electrons. The molecule has 0 saturated carbocycles. The molecule has 1 nitrogen and oxygen atoms in total. The molecule has 0 radical (unpaired) electrons. The third-order valence-electron chi connectivity index (χ3n) is 4.10. The largest absolute Gasteiger partial charge is 0.491 e. The third kappa shape index (κ3) is 5.91. The molecule has 2 aromatic rings. The number of halogens is 1. The first-order valence-electron chi connectivity index (χ1n) is 8.65. The smallest absolute Gasteiger partial charge is 0.119 e. The number of hydrogen-bond acceptors (Lipinski definition) is 1. The van der Waals surface area contributed by atoms with Crippen molar-refractivity contribution in [1.82, 2.24) is 0 Å². The maximum absolute atomic E-state index is 6.00. The zero-order valence-corrected chi connectivity index (χ0v) is 15.0. The zero-order valence-electron chi connectivity index (χ0n) is 14.2. The molecular weight excluding hydrogens is 304 g/mol. The number of hydrogen-bond donors (Lipinski definition) is 0. The number of alkyl halides is 1. The second kappa shape index (κ2) is 9.62. The van der Waals surface area contributed by atoms with Crippen molar-refractivity contribution in [3.05, 3.63) is 54.1 Å². The van der Waals surface area contributed by atoms with Crippen LogP contribution in [0, 0.1) is 0 Å². The average Bonchev–Trinajstić information content (AvgIpc) is 2.59. The normalized spacial score (nSPS) is 12.1. The predicted molar refractivity (Wildman–Crippen MR) is 100 cm³/mol. The van der Waals surface area contributed by atoms with E-state index in [-0.39, 0.29) is 6.10 Å². The summed E-state index contributed by atoms with van der Waals surface area (Å²) in [4.78, 5) is 0. The zero-order chi connectivity index (χ0) is 16.5. The van der Waals surface area contributed by atoms with Crippen LogP contribution < -0.4 is 4.74 Å². The Hall–Kier alpha value is -1.47. The van der Waals surface area contributed by atoms with Crippen LogP contribution in [0.1, 0.15) is 51.5 Å². The van der Waals surface area contributed by atoms with Gasteiger partial charge < -0.3 is 4.74 Å². The van der Waals surface area contributed by atoms with Crippen LogP contribution in [0.4, 0.5) is 0 Å². The van der Waals surface area contributed by atoms with Gasteiger partial charge in [0.2, 0.25) is 0 Å². The average molecular weight is 331 g/mol. The predicted octanol–water partition coefficient (Wildman–Crippen LogP) is 6.83. The van der Waals surface area contributed by atoms with Crippen LogP contribution in [0.3, 0.4) is 0 Å². The lowest BCUT2D eigenvalue weighted by Gasteiger charge is -2.15. The van der Waals surface area contributed by atoms with Gasteiger partial charge in [0.25, 0.3) is 0 Å². The lowest BCUT2D eigenvalue weighted by molar-refractivity contribution is 0.206. The molecule has 0 N–H and O–H groups in total. The maximum atomic E-state index is 6.00. The molecule has 0 heterocycles. The summed E-state index contributed by atoms with van der Waals surface area (Å²) in [6.45, 7) is 4.40. The summed E-state index contributed by atoms with van der Waals surface area (Å²) in [6, 6.07) is 16.7. The summed E-state index contributed by atoms with van der Waals surface area (Å²) in [6.07, 6.45) is 6.57. The van der Waals surface area contributed by atoms with Crippen molar-refractivity contribution in [3.8, 4) is 16.9 Å². The van der Waals surface area contributed by atoms with E-state index in [2.05, 4.69) is 62.4 Å². The summed E-state index contributed by atoms with van der Waals surface area (Å²) in [5.41, 5.74) is 3.55. The van der Waals surface area contributed by atoms with E-state index in [4.69, 9.17) is 16.3 Å². The Morgan fingerprint density at radius 1 is 0.870 bits per heavy atom. The summed E-state index contributed by atoms with van der Waals surface area (Å²) in [5, 5.41) is 0. The molecule has 0 aliphatic heterocycles. The van der Waals surface area contributed by atoms with E-state index in [1.807, 2.05) is 0 Å². The standard InChI is InChI=1S/C21H27ClO/c1-3-4-5-6-7-17(2)23-21-14-12-20(13-15-21)19-10-8-18(16-22)9-11-19/h8-15,17H,3-7,16H2,1-2H3/t17-/m0/s1. The fourth-order valence-electron chi connectivity index (χ4n) is 2.66. The van der Waals surface area contributed by atoms with Gasteiger partial charge in [0.15, 0.2) is 0 Å². The molecule has 1 atom stereocenters. The van der Waals surface area contributed by atoms with E-state index in [9.17, 15) is 0 Å². The highest BCUT2D eigenvalue weighted by Gasteiger charge is 2.05. The molecule has 0 aliphatic carbocycles. The van der Waals surface area contributed by atoms with Gasteiger partial charge >= 0.3 is 0 Å². The Morgan fingerprint density at radius 2 is 1.48 bits per heavy atom. The lowest BCUT2D eigenvalue weighted by Crippen LogP contribution is -2.11. The monoisotopic (exact) mass is 330 g/mol. The first-order chi connectivity index (χ1) is 11.2. The minimum absolute atomic E-state index is 0.278. The molecule has 2 aromatic carbocycles. The minimum Gasteiger partial charge on any atom is -0.491 e. The van der Waals surface area contributed by atoms with Gasteiger partial charge in [0, 0.05) is 5.88 Å². The van der Waals surface area contributed by atoms with Crippen LogP contribution in [0.2, 0.25) is 0 Å². The van der Waals surface area contributed by atoms with Crippen molar-refractivity contribution in [3.63, 3.8) is 0 Å². The summed E-state index contributed by atoms with van der Waals surface area (Å²) < 4.78 is 6.00. The summed E-state index contributed by atoms with van der Waals surface area (Å²) in [5.74, 6) is 1.51. The first-order valence-corrected chi connectivity index (χ1v) is 9.18. The molecule has 0 bridgehead atoms. The number of rotatable bonds is 9. The van der Waals surface area contributed by atoms with Crippen molar-refractivity contribution in [1.29, 1.82) is 0 Å². The topological polar surface area (TPSA) is 9.23 Å². The minimum atomic E-state index is 0.278. The Balaban J connectivity index is 1.88. The molecule has 0 saturated heterocycles. The van der Waals surface area contributed by atoms with Gasteiger partial charge in [-0.1, -0.05) is 62.6 Å². The number of benzene rings is 2. The van der Waals surface area contributed by atoms with Crippen molar-refractivity contribution < 1.29 is 4.74 Å². The Morgan fingerprint density at radius 3 is 2.04 bits per heavy atom. The molecule has 0 spiro atoms. The number of ether oxygens (including phenoxy) is 1. The molecule has 0 fully saturated rings. The highest BCUT2D eigenvalue weighted by atomic mass is 35.5. The van der Waals surface area contributed by atoms with Gasteiger partial charge in [0.05, 0.1) is 6.10 Å². The molecule has 2 heteroatoms. The van der Waals surface area contributed by atoms with E-state index in [1.54, 1.807) is 0 Å². The third-order valence-corrected chi connectivity index (χ3v) is 4.41. The highest BCUT2D eigenvalue weighted by Crippen LogP contribution is 2.24. The van der Waals surface area contributed by atoms with Crippen molar-refractivity contribution in [2.75, 3.05) is 0 Å². The van der Waals surface area contributed by atoms with Crippen LogP contribution in [-0.4, -0.2) is 6.10 Å². The van der Waals surface area contributed by atoms with E-state index >= 15 is 0 Å². The van der Waals surface area contributed by atoms with Crippen LogP contribution in [0.5, 0.6) is 5.75 Å². The lowest BCUT2D eigenvalue weighted by atomic mass is 10.0. The van der Waals surface area contributed by atoms with Gasteiger partial charge in [0.1, 0.15) is 5.75 Å². The van der Waals surface area contributed by atoms with Crippen LogP contribution in [0.25, 0.3) is 11.1 Å². The summed E-state index contributed by atoms with van der Waals surface area (Å²) in [7, 11) is 0. The van der Waals surface area contributed by atoms with Crippen molar-refractivity contribution in [2.45, 2.75) is 57.9 Å². The van der Waals surface area contributed by atoms with E-state index in [1.165, 1.54) is 36.8 Å². The van der Waals surface area contributed by atoms with E-state index in [0.29, 0.717) is 5.88 Å². The van der Waals surface area contributed by atoms with Gasteiger partial charge in [-0.3, -0.25) is 0 Å². The van der Waals surface area contributed by atoms with Gasteiger partial charge in [-0.15, -0.1) is 11.6 Å². The second-order valence-corrected chi connectivity index (χ2v) is 6.40. The van der Waals surface area contributed by atoms with Gasteiger partial charge in [-0.2, -0.15) is 0 Å². The molecular formula is C21H27ClO. The quantitative estimate of drug-likeness (QED) is 0.361. The van der Waals surface area contributed by atoms with Crippen LogP contribution in [-0.2, 0) is 5.88 Å². The van der Waals surface area contributed by atoms with Crippen LogP contribution in [0.15, 0.2) is 48.5 Å². The second-order valence-electron chi connectivity index (χ2n) is 6.13. The first kappa shape index (κ1) is 17.9. The highest BCUT2D eigenvalue weighted by molar-refractivity contribution is 6.17. The maximum Gasteiger partial charge on any atom is 0.119 e. The Labute approximate surface area is 145 Å². The van der Waals surface area contributed by atoms with Crippen molar-refractivity contribution in [2.24, 2.45) is 0 Å². The van der Waals surface area contributed by atoms with E-state index in [0.717, 1.165) is 17.7 Å². The Kier molecular flexibility index (Phi) is 7.48. The van der Waals surface area contributed by atoms with Gasteiger partial charge in [-0.25, -0.2) is 0 Å². The summed E-state index contributed by atoms with van der Waals surface area (Å²) >= 11 is 5.83. The molecule has 0 aromatic heterocycles. The molecule has 0 unspecified atom stereocenters. The molecule has 2 rings (SSSR count). The molecule has 0 aliphatic rings. The SMILES string of the molecule is CCCCCC[C@H](C)Oc1ccc(-c2ccc(CCl)cc2)cc1.